The zero-order valence-electron chi connectivity index (χ0n) is 25.8. The van der Waals surface area contributed by atoms with Gasteiger partial charge in [-0.25, -0.2) is 18.2 Å². The lowest BCUT2D eigenvalue weighted by atomic mass is 9.87. The summed E-state index contributed by atoms with van der Waals surface area (Å²) in [6.07, 6.45) is 8.94. The smallest absolute Gasteiger partial charge is 0.410 e. The van der Waals surface area contributed by atoms with Crippen molar-refractivity contribution < 1.29 is 37.0 Å². The number of carbonyl (C=O) groups is 2. The van der Waals surface area contributed by atoms with E-state index in [2.05, 4.69) is 10.1 Å². The molecule has 12 nitrogen and oxygen atoms in total. The van der Waals surface area contributed by atoms with Gasteiger partial charge in [0.2, 0.25) is 0 Å². The van der Waals surface area contributed by atoms with Crippen LogP contribution in [0, 0.1) is 5.92 Å². The number of hydrogen-bond acceptors (Lipinski definition) is 10. The van der Waals surface area contributed by atoms with Gasteiger partial charge < -0.3 is 23.8 Å². The minimum absolute atomic E-state index is 0.00185. The SMILES string of the molecule is CC(C)OC(=O)[C@H]1CCC[C@H](Oc2ccc(-c3cnn(C)c3COC(=O)N(C)C3CCCC3)nc2OCCS(C)(=O)=O)C1. The second kappa shape index (κ2) is 14.4. The number of pyridine rings is 1. The summed E-state index contributed by atoms with van der Waals surface area (Å²) in [5, 5.41) is 4.36. The average Bonchev–Trinajstić information content (AvgIpc) is 3.61. The lowest BCUT2D eigenvalue weighted by molar-refractivity contribution is -0.154. The molecule has 2 aliphatic carbocycles. The fraction of sp³-hybridized carbons (Fsp3) is 0.667. The third-order valence-electron chi connectivity index (χ3n) is 7.95. The number of hydrogen-bond donors (Lipinski definition) is 0. The number of sulfone groups is 1. The molecule has 2 heterocycles. The molecule has 2 atom stereocenters. The van der Waals surface area contributed by atoms with Crippen molar-refractivity contribution in [1.29, 1.82) is 0 Å². The third kappa shape index (κ3) is 9.07. The van der Waals surface area contributed by atoms with Crippen molar-refractivity contribution in [2.45, 2.75) is 90.1 Å². The third-order valence-corrected chi connectivity index (χ3v) is 8.86. The van der Waals surface area contributed by atoms with Crippen LogP contribution in [0.4, 0.5) is 4.79 Å². The molecular formula is C30H44N4O8S. The van der Waals surface area contributed by atoms with Gasteiger partial charge in [-0.15, -0.1) is 0 Å². The van der Waals surface area contributed by atoms with Crippen LogP contribution in [0.25, 0.3) is 11.3 Å². The standard InChI is InChI=1S/C30H44N4O8S/c1-20(2)41-29(35)21-9-8-12-23(17-21)42-27-14-13-25(32-28(27)39-15-16-43(5,37)38)24-18-31-34(4)26(24)19-40-30(36)33(3)22-10-6-7-11-22/h13-14,18,20-23H,6-12,15-17,19H2,1-5H3/t21-,23-/m0/s1. The molecule has 0 saturated heterocycles. The molecule has 2 fully saturated rings. The van der Waals surface area contributed by atoms with Crippen molar-refractivity contribution in [1.82, 2.24) is 19.7 Å². The second-order valence-electron chi connectivity index (χ2n) is 11.8. The van der Waals surface area contributed by atoms with Gasteiger partial charge in [0.05, 0.1) is 41.5 Å². The number of esters is 1. The van der Waals surface area contributed by atoms with Crippen molar-refractivity contribution >= 4 is 21.9 Å². The summed E-state index contributed by atoms with van der Waals surface area (Å²) in [6, 6.07) is 3.68. The van der Waals surface area contributed by atoms with Gasteiger partial charge in [0, 0.05) is 32.0 Å². The summed E-state index contributed by atoms with van der Waals surface area (Å²) in [6.45, 7) is 3.55. The van der Waals surface area contributed by atoms with Crippen molar-refractivity contribution in [2.24, 2.45) is 13.0 Å². The first-order valence-electron chi connectivity index (χ1n) is 15.0. The Morgan fingerprint density at radius 3 is 2.56 bits per heavy atom. The van der Waals surface area contributed by atoms with Crippen molar-refractivity contribution in [3.05, 3.63) is 24.0 Å². The summed E-state index contributed by atoms with van der Waals surface area (Å²) in [5.41, 5.74) is 1.80. The number of aryl methyl sites for hydroxylation is 1. The maximum Gasteiger partial charge on any atom is 0.410 e. The van der Waals surface area contributed by atoms with Crippen molar-refractivity contribution in [3.8, 4) is 22.9 Å². The zero-order chi connectivity index (χ0) is 31.1. The van der Waals surface area contributed by atoms with Crippen molar-refractivity contribution in [3.63, 3.8) is 0 Å². The van der Waals surface area contributed by atoms with Gasteiger partial charge in [-0.05, 0) is 64.5 Å². The normalized spacial score (nSPS) is 19.3. The Balaban J connectivity index is 1.52. The lowest BCUT2D eigenvalue weighted by Crippen LogP contribution is -2.35. The molecule has 1 amide bonds. The van der Waals surface area contributed by atoms with E-state index in [0.717, 1.165) is 51.2 Å². The molecule has 0 aliphatic heterocycles. The minimum atomic E-state index is -3.27. The Bertz CT molecular complexity index is 1370. The largest absolute Gasteiger partial charge is 0.485 e. The Morgan fingerprint density at radius 2 is 1.86 bits per heavy atom. The van der Waals surface area contributed by atoms with Crippen LogP contribution in [0.3, 0.4) is 0 Å². The maximum absolute atomic E-state index is 12.7. The number of aromatic nitrogens is 3. The Labute approximate surface area is 253 Å². The van der Waals surface area contributed by atoms with Gasteiger partial charge in [-0.3, -0.25) is 9.48 Å². The minimum Gasteiger partial charge on any atom is -0.485 e. The van der Waals surface area contributed by atoms with Gasteiger partial charge in [-0.2, -0.15) is 5.10 Å². The number of amides is 1. The van der Waals surface area contributed by atoms with Crippen LogP contribution in [0.15, 0.2) is 18.3 Å². The highest BCUT2D eigenvalue weighted by molar-refractivity contribution is 7.90. The molecule has 2 aromatic heterocycles. The van der Waals surface area contributed by atoms with Gasteiger partial charge in [-0.1, -0.05) is 12.8 Å². The van der Waals surface area contributed by atoms with E-state index in [1.807, 2.05) is 13.8 Å². The van der Waals surface area contributed by atoms with Gasteiger partial charge in [0.25, 0.3) is 5.88 Å². The first-order chi connectivity index (χ1) is 20.4. The summed E-state index contributed by atoms with van der Waals surface area (Å²) in [7, 11) is 0.264. The monoisotopic (exact) mass is 620 g/mol. The van der Waals surface area contributed by atoms with Crippen LogP contribution in [0.1, 0.15) is 70.9 Å². The molecule has 2 aromatic rings. The van der Waals surface area contributed by atoms with E-state index in [0.29, 0.717) is 29.1 Å². The number of ether oxygens (including phenoxy) is 4. The van der Waals surface area contributed by atoms with Crippen LogP contribution in [-0.2, 0) is 37.8 Å². The van der Waals surface area contributed by atoms with Gasteiger partial charge >= 0.3 is 12.1 Å². The Kier molecular flexibility index (Phi) is 10.9. The number of nitrogens with zero attached hydrogens (tertiary/aromatic N) is 4. The molecule has 0 bridgehead atoms. The summed E-state index contributed by atoms with van der Waals surface area (Å²) in [5.74, 6) is -0.166. The number of carbonyl (C=O) groups excluding carboxylic acids is 2. The topological polar surface area (TPSA) is 139 Å². The highest BCUT2D eigenvalue weighted by Gasteiger charge is 2.31. The van der Waals surface area contributed by atoms with E-state index in [1.54, 1.807) is 42.0 Å². The fourth-order valence-corrected chi connectivity index (χ4v) is 5.94. The molecule has 13 heteroatoms. The van der Waals surface area contributed by atoms with Gasteiger partial charge in [0.1, 0.15) is 13.2 Å². The van der Waals surface area contributed by atoms with Crippen LogP contribution in [0.2, 0.25) is 0 Å². The molecule has 2 aliphatic rings. The predicted octanol–water partition coefficient (Wildman–Crippen LogP) is 4.31. The molecule has 0 N–H and O–H groups in total. The van der Waals surface area contributed by atoms with Crippen LogP contribution in [0.5, 0.6) is 11.6 Å². The second-order valence-corrected chi connectivity index (χ2v) is 14.1. The van der Waals surface area contributed by atoms with E-state index < -0.39 is 9.84 Å². The van der Waals surface area contributed by atoms with Crippen LogP contribution in [-0.4, -0.2) is 84.1 Å². The average molecular weight is 621 g/mol. The molecule has 0 radical (unpaired) electrons. The van der Waals surface area contributed by atoms with E-state index in [-0.39, 0.29) is 61.1 Å². The van der Waals surface area contributed by atoms with E-state index in [1.165, 1.54) is 0 Å². The molecule has 43 heavy (non-hydrogen) atoms. The highest BCUT2D eigenvalue weighted by Crippen LogP contribution is 2.35. The molecular weight excluding hydrogens is 576 g/mol. The summed E-state index contributed by atoms with van der Waals surface area (Å²) >= 11 is 0. The summed E-state index contributed by atoms with van der Waals surface area (Å²) < 4.78 is 48.4. The molecule has 0 unspecified atom stereocenters. The van der Waals surface area contributed by atoms with Crippen LogP contribution >= 0.6 is 0 Å². The first kappa shape index (κ1) is 32.6. The zero-order valence-corrected chi connectivity index (χ0v) is 26.6. The molecule has 4 rings (SSSR count). The maximum atomic E-state index is 12.7. The molecule has 0 aromatic carbocycles. The van der Waals surface area contributed by atoms with E-state index in [9.17, 15) is 18.0 Å². The molecule has 0 spiro atoms. The van der Waals surface area contributed by atoms with Crippen molar-refractivity contribution in [2.75, 3.05) is 25.7 Å². The fourth-order valence-electron chi connectivity index (χ4n) is 5.56. The van der Waals surface area contributed by atoms with E-state index in [4.69, 9.17) is 18.9 Å². The van der Waals surface area contributed by atoms with Crippen LogP contribution < -0.4 is 9.47 Å². The quantitative estimate of drug-likeness (QED) is 0.316. The Morgan fingerprint density at radius 1 is 1.12 bits per heavy atom. The molecule has 2 saturated carbocycles. The molecule has 238 valence electrons. The van der Waals surface area contributed by atoms with E-state index >= 15 is 0 Å². The number of rotatable bonds is 12. The summed E-state index contributed by atoms with van der Waals surface area (Å²) in [4.78, 5) is 31.6. The van der Waals surface area contributed by atoms with Gasteiger partial charge in [0.15, 0.2) is 15.6 Å². The highest BCUT2D eigenvalue weighted by atomic mass is 32.2. The predicted molar refractivity (Wildman–Crippen MR) is 159 cm³/mol. The first-order valence-corrected chi connectivity index (χ1v) is 17.1. The lowest BCUT2D eigenvalue weighted by Gasteiger charge is -2.29. The Hall–Kier alpha value is -3.35.